The van der Waals surface area contributed by atoms with Crippen LogP contribution in [-0.4, -0.2) is 43.7 Å². The van der Waals surface area contributed by atoms with E-state index in [4.69, 9.17) is 4.74 Å². The maximum absolute atomic E-state index is 13.5. The maximum atomic E-state index is 13.5. The summed E-state index contributed by atoms with van der Waals surface area (Å²) in [6, 6.07) is 1.36. The minimum atomic E-state index is -1.48. The number of methoxy groups -OCH3 is 1. The van der Waals surface area contributed by atoms with E-state index in [0.29, 0.717) is 31.7 Å². The summed E-state index contributed by atoms with van der Waals surface area (Å²) in [6.07, 6.45) is 0.885. The third-order valence-corrected chi connectivity index (χ3v) is 4.14. The Balaban J connectivity index is 2.22. The first-order valence-corrected chi connectivity index (χ1v) is 7.64. The highest BCUT2D eigenvalue weighted by Crippen LogP contribution is 2.33. The van der Waals surface area contributed by atoms with Crippen molar-refractivity contribution in [1.82, 2.24) is 10.2 Å². The first-order chi connectivity index (χ1) is 11.0. The van der Waals surface area contributed by atoms with Crippen molar-refractivity contribution >= 4 is 5.91 Å². The summed E-state index contributed by atoms with van der Waals surface area (Å²) in [4.78, 5) is 13.9. The molecule has 2 atom stereocenters. The van der Waals surface area contributed by atoms with Gasteiger partial charge in [0.25, 0.3) is 0 Å². The number of amides is 1. The number of carbonyl (C=O) groups is 1. The molecule has 1 amide bonds. The summed E-state index contributed by atoms with van der Waals surface area (Å²) in [5.41, 5.74) is 0.331. The summed E-state index contributed by atoms with van der Waals surface area (Å²) >= 11 is 0. The molecule has 1 N–H and O–H groups in total. The summed E-state index contributed by atoms with van der Waals surface area (Å²) in [6.45, 7) is 3.59. The molecule has 0 saturated carbocycles. The van der Waals surface area contributed by atoms with Crippen LogP contribution in [0.2, 0.25) is 0 Å². The Morgan fingerprint density at radius 2 is 2.00 bits per heavy atom. The van der Waals surface area contributed by atoms with Gasteiger partial charge in [0.15, 0.2) is 17.5 Å². The van der Waals surface area contributed by atoms with Gasteiger partial charge in [0, 0.05) is 26.1 Å². The van der Waals surface area contributed by atoms with E-state index in [-0.39, 0.29) is 24.4 Å². The van der Waals surface area contributed by atoms with E-state index >= 15 is 0 Å². The average Bonchev–Trinajstić information content (AvgIpc) is 2.92. The largest absolute Gasteiger partial charge is 0.384 e. The fraction of sp³-hybridized carbons (Fsp3) is 0.562. The third kappa shape index (κ3) is 4.03. The lowest BCUT2D eigenvalue weighted by molar-refractivity contribution is -0.122. The van der Waals surface area contributed by atoms with Crippen molar-refractivity contribution in [3.63, 3.8) is 0 Å². The molecule has 7 heteroatoms. The van der Waals surface area contributed by atoms with Gasteiger partial charge in [-0.1, -0.05) is 6.92 Å². The van der Waals surface area contributed by atoms with Gasteiger partial charge in [-0.2, -0.15) is 0 Å². The fourth-order valence-electron chi connectivity index (χ4n) is 3.02. The van der Waals surface area contributed by atoms with Crippen LogP contribution in [0, 0.1) is 17.5 Å². The van der Waals surface area contributed by atoms with Crippen LogP contribution in [0.1, 0.15) is 31.4 Å². The summed E-state index contributed by atoms with van der Waals surface area (Å²) in [5, 5.41) is 2.88. The number of nitrogens with zero attached hydrogens (tertiary/aromatic N) is 1. The Kier molecular flexibility index (Phi) is 6.01. The van der Waals surface area contributed by atoms with Crippen LogP contribution < -0.4 is 5.32 Å². The van der Waals surface area contributed by atoms with Crippen LogP contribution >= 0.6 is 0 Å². The normalized spacial score (nSPS) is 21.6. The molecule has 0 bridgehead atoms. The number of rotatable bonds is 6. The average molecular weight is 330 g/mol. The van der Waals surface area contributed by atoms with Crippen molar-refractivity contribution in [3.05, 3.63) is 35.1 Å². The zero-order chi connectivity index (χ0) is 17.0. The molecule has 1 heterocycles. The molecule has 2 rings (SSSR count). The molecule has 4 nitrogen and oxygen atoms in total. The molecule has 1 saturated heterocycles. The molecule has 0 unspecified atom stereocenters. The third-order valence-electron chi connectivity index (χ3n) is 4.14. The highest BCUT2D eigenvalue weighted by atomic mass is 19.2. The van der Waals surface area contributed by atoms with Crippen molar-refractivity contribution in [1.29, 1.82) is 0 Å². The molecule has 1 fully saturated rings. The van der Waals surface area contributed by atoms with E-state index in [0.717, 1.165) is 12.1 Å². The Bertz CT molecular complexity index is 545. The number of benzene rings is 1. The highest BCUT2D eigenvalue weighted by molar-refractivity contribution is 5.76. The quantitative estimate of drug-likeness (QED) is 0.815. The van der Waals surface area contributed by atoms with Gasteiger partial charge in [-0.3, -0.25) is 9.69 Å². The predicted molar refractivity (Wildman–Crippen MR) is 79.3 cm³/mol. The zero-order valence-electron chi connectivity index (χ0n) is 13.2. The molecule has 1 aromatic carbocycles. The van der Waals surface area contributed by atoms with Gasteiger partial charge < -0.3 is 10.1 Å². The second kappa shape index (κ2) is 7.79. The number of likely N-dealkylation sites (tertiary alicyclic amines) is 1. The molecule has 1 aromatic rings. The van der Waals surface area contributed by atoms with Crippen molar-refractivity contribution in [2.75, 3.05) is 26.8 Å². The standard InChI is InChI=1S/C16H21F3N2O2/c1-3-21-6-4-13(20-14(22)5-7-23-2)16(21)10-8-11(17)15(19)12(18)9-10/h8-9,13,16H,3-7H2,1-2H3,(H,20,22)/t13-,16-/m0/s1. The van der Waals surface area contributed by atoms with Crippen LogP contribution in [0.4, 0.5) is 13.2 Å². The molecular weight excluding hydrogens is 309 g/mol. The van der Waals surface area contributed by atoms with E-state index in [9.17, 15) is 18.0 Å². The molecule has 0 spiro atoms. The maximum Gasteiger partial charge on any atom is 0.222 e. The Morgan fingerprint density at radius 3 is 2.57 bits per heavy atom. The number of halogens is 3. The molecule has 0 aliphatic carbocycles. The van der Waals surface area contributed by atoms with E-state index in [1.165, 1.54) is 7.11 Å². The number of likely N-dealkylation sites (N-methyl/N-ethyl adjacent to an activating group) is 1. The van der Waals surface area contributed by atoms with E-state index < -0.39 is 17.5 Å². The number of hydrogen-bond acceptors (Lipinski definition) is 3. The monoisotopic (exact) mass is 330 g/mol. The van der Waals surface area contributed by atoms with Crippen LogP contribution in [0.3, 0.4) is 0 Å². The molecule has 0 aromatic heterocycles. The lowest BCUT2D eigenvalue weighted by atomic mass is 9.99. The second-order valence-electron chi connectivity index (χ2n) is 5.58. The summed E-state index contributed by atoms with van der Waals surface area (Å²) in [5.74, 6) is -4.09. The smallest absolute Gasteiger partial charge is 0.222 e. The number of carbonyl (C=O) groups excluding carboxylic acids is 1. The van der Waals surface area contributed by atoms with Crippen LogP contribution in [0.25, 0.3) is 0 Å². The van der Waals surface area contributed by atoms with Gasteiger partial charge in [0.1, 0.15) is 0 Å². The summed E-state index contributed by atoms with van der Waals surface area (Å²) < 4.78 is 45.1. The van der Waals surface area contributed by atoms with Crippen molar-refractivity contribution in [3.8, 4) is 0 Å². The molecule has 128 valence electrons. The van der Waals surface area contributed by atoms with Crippen LogP contribution in [-0.2, 0) is 9.53 Å². The number of nitrogens with one attached hydrogen (secondary N) is 1. The van der Waals surface area contributed by atoms with Crippen molar-refractivity contribution in [2.24, 2.45) is 0 Å². The topological polar surface area (TPSA) is 41.6 Å². The van der Waals surface area contributed by atoms with Crippen LogP contribution in [0.15, 0.2) is 12.1 Å². The fourth-order valence-corrected chi connectivity index (χ4v) is 3.02. The lowest BCUT2D eigenvalue weighted by Crippen LogP contribution is -2.40. The van der Waals surface area contributed by atoms with Crippen molar-refractivity contribution < 1.29 is 22.7 Å². The van der Waals surface area contributed by atoms with Gasteiger partial charge in [-0.05, 0) is 30.7 Å². The minimum Gasteiger partial charge on any atom is -0.384 e. The van der Waals surface area contributed by atoms with Crippen molar-refractivity contribution in [2.45, 2.75) is 31.8 Å². The van der Waals surface area contributed by atoms with E-state index in [2.05, 4.69) is 5.32 Å². The van der Waals surface area contributed by atoms with Gasteiger partial charge in [-0.15, -0.1) is 0 Å². The number of hydrogen-bond donors (Lipinski definition) is 1. The molecule has 1 aliphatic rings. The Morgan fingerprint density at radius 1 is 1.35 bits per heavy atom. The van der Waals surface area contributed by atoms with E-state index in [1.54, 1.807) is 0 Å². The van der Waals surface area contributed by atoms with Gasteiger partial charge in [-0.25, -0.2) is 13.2 Å². The minimum absolute atomic E-state index is 0.178. The lowest BCUT2D eigenvalue weighted by Gasteiger charge is -2.28. The first-order valence-electron chi connectivity index (χ1n) is 7.64. The molecular formula is C16H21F3N2O2. The van der Waals surface area contributed by atoms with Crippen LogP contribution in [0.5, 0.6) is 0 Å². The second-order valence-corrected chi connectivity index (χ2v) is 5.58. The van der Waals surface area contributed by atoms with Gasteiger partial charge >= 0.3 is 0 Å². The Labute approximate surface area is 133 Å². The van der Waals surface area contributed by atoms with E-state index in [1.807, 2.05) is 11.8 Å². The van der Waals surface area contributed by atoms with Gasteiger partial charge in [0.05, 0.1) is 12.6 Å². The summed E-state index contributed by atoms with van der Waals surface area (Å²) in [7, 11) is 1.51. The Hall–Kier alpha value is -1.60. The zero-order valence-corrected chi connectivity index (χ0v) is 13.2. The number of ether oxygens (including phenoxy) is 1. The molecule has 23 heavy (non-hydrogen) atoms. The molecule has 0 radical (unpaired) electrons. The van der Waals surface area contributed by atoms with Gasteiger partial charge in [0.2, 0.25) is 5.91 Å². The first kappa shape index (κ1) is 17.7. The highest BCUT2D eigenvalue weighted by Gasteiger charge is 2.36. The predicted octanol–water partition coefficient (Wildman–Crippen LogP) is 2.39. The molecule has 1 aliphatic heterocycles. The SMILES string of the molecule is CCN1CC[C@H](NC(=O)CCOC)[C@@H]1c1cc(F)c(F)c(F)c1.